The zero-order valence-corrected chi connectivity index (χ0v) is 13.2. The van der Waals surface area contributed by atoms with E-state index in [1.807, 2.05) is 24.3 Å². The van der Waals surface area contributed by atoms with Crippen molar-refractivity contribution in [3.05, 3.63) is 35.9 Å². The number of anilines is 1. The summed E-state index contributed by atoms with van der Waals surface area (Å²) in [6.45, 7) is 7.39. The van der Waals surface area contributed by atoms with E-state index in [1.165, 1.54) is 0 Å². The van der Waals surface area contributed by atoms with Crippen LogP contribution in [0.3, 0.4) is 0 Å². The van der Waals surface area contributed by atoms with Gasteiger partial charge in [0.25, 0.3) is 0 Å². The van der Waals surface area contributed by atoms with Crippen LogP contribution in [0.1, 0.15) is 32.4 Å². The first-order valence-corrected chi connectivity index (χ1v) is 7.24. The minimum absolute atomic E-state index is 0.220. The normalized spacial score (nSPS) is 11.4. The maximum Gasteiger partial charge on any atom is 0.152 e. The molecule has 1 heterocycles. The van der Waals surface area contributed by atoms with Gasteiger partial charge >= 0.3 is 0 Å². The number of H-pyrrole nitrogens is 1. The van der Waals surface area contributed by atoms with Crippen LogP contribution in [0.4, 0.5) is 5.69 Å². The van der Waals surface area contributed by atoms with Crippen LogP contribution in [-0.2, 0) is 12.8 Å². The Morgan fingerprint density at radius 2 is 1.90 bits per heavy atom. The lowest BCUT2D eigenvalue weighted by Crippen LogP contribution is -2.10. The Morgan fingerprint density at radius 3 is 2.52 bits per heavy atom. The molecule has 0 spiro atoms. The summed E-state index contributed by atoms with van der Waals surface area (Å²) >= 11 is 0. The summed E-state index contributed by atoms with van der Waals surface area (Å²) < 4.78 is 5.13. The van der Waals surface area contributed by atoms with E-state index < -0.39 is 0 Å². The van der Waals surface area contributed by atoms with Crippen molar-refractivity contribution >= 4 is 5.69 Å². The topological polar surface area (TPSA) is 62.8 Å². The number of aromatic amines is 1. The molecular formula is C16H24N4O. The summed E-state index contributed by atoms with van der Waals surface area (Å²) in [7, 11) is 1.67. The molecule has 5 heteroatoms. The first-order chi connectivity index (χ1) is 9.96. The van der Waals surface area contributed by atoms with Crippen LogP contribution in [0.2, 0.25) is 0 Å². The van der Waals surface area contributed by atoms with Gasteiger partial charge in [0.05, 0.1) is 7.11 Å². The SMILES string of the molecule is COc1ccc(NCCc2n[nH]c(CC(C)(C)C)n2)cc1. The summed E-state index contributed by atoms with van der Waals surface area (Å²) in [5.41, 5.74) is 1.29. The largest absolute Gasteiger partial charge is 0.497 e. The fourth-order valence-electron chi connectivity index (χ4n) is 2.06. The van der Waals surface area contributed by atoms with Gasteiger partial charge in [0, 0.05) is 25.1 Å². The molecule has 0 bridgehead atoms. The Bertz CT molecular complexity index is 554. The Kier molecular flexibility index (Phi) is 4.83. The molecule has 2 rings (SSSR count). The zero-order valence-electron chi connectivity index (χ0n) is 13.2. The second-order valence-corrected chi connectivity index (χ2v) is 6.34. The quantitative estimate of drug-likeness (QED) is 0.857. The van der Waals surface area contributed by atoms with E-state index in [0.29, 0.717) is 0 Å². The third kappa shape index (κ3) is 5.10. The lowest BCUT2D eigenvalue weighted by molar-refractivity contribution is 0.401. The second-order valence-electron chi connectivity index (χ2n) is 6.34. The van der Waals surface area contributed by atoms with Crippen molar-refractivity contribution in [2.75, 3.05) is 19.0 Å². The first-order valence-electron chi connectivity index (χ1n) is 7.24. The predicted octanol–water partition coefficient (Wildman–Crippen LogP) is 3.06. The van der Waals surface area contributed by atoms with Gasteiger partial charge < -0.3 is 10.1 Å². The van der Waals surface area contributed by atoms with E-state index in [2.05, 4.69) is 41.3 Å². The molecule has 5 nitrogen and oxygen atoms in total. The summed E-state index contributed by atoms with van der Waals surface area (Å²) in [6, 6.07) is 7.89. The van der Waals surface area contributed by atoms with E-state index in [0.717, 1.165) is 42.5 Å². The van der Waals surface area contributed by atoms with Gasteiger partial charge in [0.2, 0.25) is 0 Å². The standard InChI is InChI=1S/C16H24N4O/c1-16(2,3)11-15-18-14(19-20-15)9-10-17-12-5-7-13(21-4)8-6-12/h5-8,17H,9-11H2,1-4H3,(H,18,19,20). The molecule has 0 amide bonds. The highest BCUT2D eigenvalue weighted by Gasteiger charge is 2.14. The predicted molar refractivity (Wildman–Crippen MR) is 84.7 cm³/mol. The molecule has 1 aromatic carbocycles. The average Bonchev–Trinajstić information content (AvgIpc) is 2.85. The van der Waals surface area contributed by atoms with Crippen LogP contribution in [-0.4, -0.2) is 28.8 Å². The number of hydrogen-bond donors (Lipinski definition) is 2. The van der Waals surface area contributed by atoms with Gasteiger partial charge in [-0.1, -0.05) is 20.8 Å². The number of hydrogen-bond acceptors (Lipinski definition) is 4. The Morgan fingerprint density at radius 1 is 1.19 bits per heavy atom. The fraction of sp³-hybridized carbons (Fsp3) is 0.500. The van der Waals surface area contributed by atoms with Crippen molar-refractivity contribution in [3.8, 4) is 5.75 Å². The molecule has 0 fully saturated rings. The summed E-state index contributed by atoms with van der Waals surface area (Å²) in [6.07, 6.45) is 1.71. The van der Waals surface area contributed by atoms with Gasteiger partial charge in [-0.25, -0.2) is 4.98 Å². The lowest BCUT2D eigenvalue weighted by Gasteiger charge is -2.15. The van der Waals surface area contributed by atoms with E-state index in [-0.39, 0.29) is 5.41 Å². The average molecular weight is 288 g/mol. The summed E-state index contributed by atoms with van der Waals surface area (Å²) in [4.78, 5) is 4.53. The third-order valence-corrected chi connectivity index (χ3v) is 3.04. The van der Waals surface area contributed by atoms with Crippen LogP contribution < -0.4 is 10.1 Å². The number of methoxy groups -OCH3 is 1. The lowest BCUT2D eigenvalue weighted by atomic mass is 9.92. The van der Waals surface area contributed by atoms with Crippen LogP contribution in [0.5, 0.6) is 5.75 Å². The molecule has 0 aliphatic rings. The molecule has 0 atom stereocenters. The molecule has 1 aromatic heterocycles. The van der Waals surface area contributed by atoms with Crippen molar-refractivity contribution < 1.29 is 4.74 Å². The van der Waals surface area contributed by atoms with Crippen LogP contribution >= 0.6 is 0 Å². The maximum absolute atomic E-state index is 5.13. The first kappa shape index (κ1) is 15.4. The van der Waals surface area contributed by atoms with Gasteiger partial charge in [-0.15, -0.1) is 0 Å². The van der Waals surface area contributed by atoms with Crippen molar-refractivity contribution in [1.29, 1.82) is 0 Å². The third-order valence-electron chi connectivity index (χ3n) is 3.04. The van der Waals surface area contributed by atoms with E-state index in [1.54, 1.807) is 7.11 Å². The van der Waals surface area contributed by atoms with Gasteiger partial charge in [0.15, 0.2) is 5.82 Å². The number of nitrogens with one attached hydrogen (secondary N) is 2. The molecular weight excluding hydrogens is 264 g/mol. The number of rotatable bonds is 6. The second kappa shape index (κ2) is 6.61. The molecule has 0 aliphatic heterocycles. The highest BCUT2D eigenvalue weighted by Crippen LogP contribution is 2.18. The van der Waals surface area contributed by atoms with Gasteiger partial charge in [-0.3, -0.25) is 5.10 Å². The molecule has 0 saturated carbocycles. The molecule has 114 valence electrons. The van der Waals surface area contributed by atoms with Gasteiger partial charge in [0.1, 0.15) is 11.6 Å². The van der Waals surface area contributed by atoms with Crippen LogP contribution in [0, 0.1) is 5.41 Å². The molecule has 0 radical (unpaired) electrons. The Hall–Kier alpha value is -2.04. The molecule has 21 heavy (non-hydrogen) atoms. The molecule has 2 aromatic rings. The number of nitrogens with zero attached hydrogens (tertiary/aromatic N) is 2. The monoisotopic (exact) mass is 288 g/mol. The highest BCUT2D eigenvalue weighted by atomic mass is 16.5. The molecule has 0 unspecified atom stereocenters. The minimum Gasteiger partial charge on any atom is -0.497 e. The number of aromatic nitrogens is 3. The van der Waals surface area contributed by atoms with Crippen molar-refractivity contribution in [2.45, 2.75) is 33.6 Å². The van der Waals surface area contributed by atoms with Crippen molar-refractivity contribution in [1.82, 2.24) is 15.2 Å². The fourth-order valence-corrected chi connectivity index (χ4v) is 2.06. The van der Waals surface area contributed by atoms with Crippen molar-refractivity contribution in [3.63, 3.8) is 0 Å². The minimum atomic E-state index is 0.220. The zero-order chi connectivity index (χ0) is 15.3. The van der Waals surface area contributed by atoms with Crippen LogP contribution in [0.15, 0.2) is 24.3 Å². The molecule has 0 aliphatic carbocycles. The summed E-state index contributed by atoms with van der Waals surface area (Å²) in [5, 5.41) is 10.6. The number of ether oxygens (including phenoxy) is 1. The van der Waals surface area contributed by atoms with E-state index in [9.17, 15) is 0 Å². The summed E-state index contributed by atoms with van der Waals surface area (Å²) in [5.74, 6) is 2.68. The smallest absolute Gasteiger partial charge is 0.152 e. The number of benzene rings is 1. The Balaban J connectivity index is 1.80. The van der Waals surface area contributed by atoms with Gasteiger partial charge in [-0.2, -0.15) is 5.10 Å². The molecule has 2 N–H and O–H groups in total. The van der Waals surface area contributed by atoms with Crippen LogP contribution in [0.25, 0.3) is 0 Å². The van der Waals surface area contributed by atoms with Crippen molar-refractivity contribution in [2.24, 2.45) is 5.41 Å². The highest BCUT2D eigenvalue weighted by molar-refractivity contribution is 5.46. The van der Waals surface area contributed by atoms with E-state index in [4.69, 9.17) is 4.74 Å². The van der Waals surface area contributed by atoms with Gasteiger partial charge in [-0.05, 0) is 29.7 Å². The Labute approximate surface area is 126 Å². The van der Waals surface area contributed by atoms with E-state index >= 15 is 0 Å². The molecule has 0 saturated heterocycles. The maximum atomic E-state index is 5.13.